The number of amides is 1. The minimum absolute atomic E-state index is 0.0991. The molecule has 0 spiro atoms. The highest BCUT2D eigenvalue weighted by Gasteiger charge is 2.27. The fourth-order valence-corrected chi connectivity index (χ4v) is 2.51. The number of nitrogens with one attached hydrogen (secondary N) is 1. The molecule has 2 atom stereocenters. The molecule has 0 unspecified atom stereocenters. The molecule has 0 aliphatic carbocycles. The number of aromatic nitrogens is 1. The lowest BCUT2D eigenvalue weighted by Gasteiger charge is -2.21. The third-order valence-corrected chi connectivity index (χ3v) is 4.15. The van der Waals surface area contributed by atoms with Crippen LogP contribution in [0.25, 0.3) is 11.1 Å². The van der Waals surface area contributed by atoms with Gasteiger partial charge in [-0.2, -0.15) is 0 Å². The van der Waals surface area contributed by atoms with E-state index in [0.717, 1.165) is 0 Å². The first kappa shape index (κ1) is 18.1. The minimum Gasteiger partial charge on any atom is -0.467 e. The van der Waals surface area contributed by atoms with E-state index in [1.165, 1.54) is 17.7 Å². The van der Waals surface area contributed by atoms with Crippen molar-refractivity contribution >= 4 is 34.6 Å². The average molecular weight is 355 g/mol. The lowest BCUT2D eigenvalue weighted by molar-refractivity contribution is -0.146. The summed E-state index contributed by atoms with van der Waals surface area (Å²) in [6, 6.07) is 3.94. The molecule has 0 saturated carbocycles. The predicted octanol–water partition coefficient (Wildman–Crippen LogP) is 1.95. The third kappa shape index (κ3) is 3.79. The van der Waals surface area contributed by atoms with Gasteiger partial charge in [-0.3, -0.25) is 9.36 Å². The number of fused-ring (bicyclic) bond motifs is 1. The van der Waals surface area contributed by atoms with Gasteiger partial charge in [-0.25, -0.2) is 9.59 Å². The fraction of sp³-hybridized carbons (Fsp3) is 0.438. The van der Waals surface area contributed by atoms with Crippen LogP contribution in [-0.4, -0.2) is 29.6 Å². The summed E-state index contributed by atoms with van der Waals surface area (Å²) in [6.45, 7) is 3.48. The first-order valence-corrected chi connectivity index (χ1v) is 7.91. The summed E-state index contributed by atoms with van der Waals surface area (Å²) in [5, 5.41) is 3.05. The Labute approximate surface area is 143 Å². The zero-order chi connectivity index (χ0) is 17.9. The first-order valence-electron chi connectivity index (χ1n) is 7.53. The monoisotopic (exact) mass is 354 g/mol. The van der Waals surface area contributed by atoms with E-state index >= 15 is 0 Å². The van der Waals surface area contributed by atoms with E-state index in [-0.39, 0.29) is 12.5 Å². The largest absolute Gasteiger partial charge is 0.467 e. The van der Waals surface area contributed by atoms with Gasteiger partial charge in [-0.1, -0.05) is 31.9 Å². The van der Waals surface area contributed by atoms with Crippen molar-refractivity contribution in [2.75, 3.05) is 7.11 Å². The number of carbonyl (C=O) groups excluding carboxylic acids is 2. The van der Waals surface area contributed by atoms with Gasteiger partial charge in [-0.05, 0) is 18.1 Å². The second kappa shape index (κ2) is 7.53. The van der Waals surface area contributed by atoms with Crippen molar-refractivity contribution in [3.05, 3.63) is 33.8 Å². The van der Waals surface area contributed by atoms with E-state index in [0.29, 0.717) is 22.5 Å². The Balaban J connectivity index is 2.21. The normalized spacial score (nSPS) is 13.5. The van der Waals surface area contributed by atoms with Gasteiger partial charge in [0, 0.05) is 11.1 Å². The number of halogens is 1. The van der Waals surface area contributed by atoms with Crippen LogP contribution < -0.4 is 11.1 Å². The molecule has 130 valence electrons. The zero-order valence-corrected chi connectivity index (χ0v) is 14.4. The van der Waals surface area contributed by atoms with Gasteiger partial charge >= 0.3 is 11.7 Å². The summed E-state index contributed by atoms with van der Waals surface area (Å²) in [6.07, 6.45) is 0.688. The van der Waals surface area contributed by atoms with E-state index in [9.17, 15) is 14.4 Å². The number of esters is 1. The molecule has 8 heteroatoms. The van der Waals surface area contributed by atoms with Crippen LogP contribution >= 0.6 is 11.6 Å². The van der Waals surface area contributed by atoms with Crippen LogP contribution in [0.1, 0.15) is 20.3 Å². The summed E-state index contributed by atoms with van der Waals surface area (Å²) in [4.78, 5) is 36.0. The van der Waals surface area contributed by atoms with Gasteiger partial charge in [0.1, 0.15) is 12.6 Å². The van der Waals surface area contributed by atoms with Gasteiger partial charge in [0.25, 0.3) is 0 Å². The number of oxazole rings is 1. The molecule has 0 saturated heterocycles. The molecule has 1 heterocycles. The second-order valence-electron chi connectivity index (χ2n) is 5.52. The van der Waals surface area contributed by atoms with E-state index < -0.39 is 23.7 Å². The Bertz CT molecular complexity index is 810. The number of methoxy groups -OCH3 is 1. The van der Waals surface area contributed by atoms with E-state index in [2.05, 4.69) is 5.32 Å². The van der Waals surface area contributed by atoms with Crippen molar-refractivity contribution in [2.24, 2.45) is 5.92 Å². The Morgan fingerprint density at radius 2 is 2.12 bits per heavy atom. The average Bonchev–Trinajstić information content (AvgIpc) is 2.85. The molecule has 0 aliphatic rings. The number of rotatable bonds is 6. The summed E-state index contributed by atoms with van der Waals surface area (Å²) < 4.78 is 11.0. The van der Waals surface area contributed by atoms with Crippen molar-refractivity contribution in [1.82, 2.24) is 9.88 Å². The van der Waals surface area contributed by atoms with Gasteiger partial charge in [0.2, 0.25) is 5.91 Å². The molecule has 1 N–H and O–H groups in total. The topological polar surface area (TPSA) is 90.5 Å². The molecule has 2 rings (SSSR count). The van der Waals surface area contributed by atoms with E-state index in [1.54, 1.807) is 12.1 Å². The molecule has 0 radical (unpaired) electrons. The minimum atomic E-state index is -0.768. The van der Waals surface area contributed by atoms with Crippen LogP contribution in [0, 0.1) is 5.92 Å². The predicted molar refractivity (Wildman–Crippen MR) is 88.9 cm³/mol. The van der Waals surface area contributed by atoms with Crippen molar-refractivity contribution in [3.8, 4) is 0 Å². The van der Waals surface area contributed by atoms with Gasteiger partial charge < -0.3 is 14.5 Å². The maximum atomic E-state index is 12.3. The highest BCUT2D eigenvalue weighted by Crippen LogP contribution is 2.18. The summed E-state index contributed by atoms with van der Waals surface area (Å²) in [5.74, 6) is -1.77. The van der Waals surface area contributed by atoms with Crippen LogP contribution in [0.3, 0.4) is 0 Å². The second-order valence-corrected chi connectivity index (χ2v) is 5.96. The number of ether oxygens (including phenoxy) is 1. The summed E-state index contributed by atoms with van der Waals surface area (Å²) in [7, 11) is 1.27. The molecular formula is C16H19ClN2O5. The van der Waals surface area contributed by atoms with Crippen LogP contribution in [0.4, 0.5) is 0 Å². The number of carbonyl (C=O) groups is 2. The quantitative estimate of drug-likeness (QED) is 0.801. The SMILES string of the molecule is CC[C@H](C)[C@@H](NC(=O)Cn1c(=O)oc2cc(Cl)ccc21)C(=O)OC. The Morgan fingerprint density at radius 3 is 2.75 bits per heavy atom. The molecule has 1 aromatic heterocycles. The first-order chi connectivity index (χ1) is 11.4. The van der Waals surface area contributed by atoms with Crippen LogP contribution in [-0.2, 0) is 20.9 Å². The number of hydrogen-bond acceptors (Lipinski definition) is 5. The highest BCUT2D eigenvalue weighted by molar-refractivity contribution is 6.31. The molecular weight excluding hydrogens is 336 g/mol. The third-order valence-electron chi connectivity index (χ3n) is 3.92. The van der Waals surface area contributed by atoms with Gasteiger partial charge in [-0.15, -0.1) is 0 Å². The lowest BCUT2D eigenvalue weighted by Crippen LogP contribution is -2.47. The van der Waals surface area contributed by atoms with Crippen LogP contribution in [0.15, 0.2) is 27.4 Å². The summed E-state index contributed by atoms with van der Waals surface area (Å²) in [5.41, 5.74) is 0.754. The lowest BCUT2D eigenvalue weighted by atomic mass is 9.99. The fourth-order valence-electron chi connectivity index (χ4n) is 2.35. The van der Waals surface area contributed by atoms with E-state index in [4.69, 9.17) is 20.8 Å². The smallest absolute Gasteiger partial charge is 0.420 e. The van der Waals surface area contributed by atoms with Gasteiger partial charge in [0.05, 0.1) is 12.6 Å². The van der Waals surface area contributed by atoms with Crippen molar-refractivity contribution in [3.63, 3.8) is 0 Å². The highest BCUT2D eigenvalue weighted by atomic mass is 35.5. The molecule has 24 heavy (non-hydrogen) atoms. The molecule has 0 fully saturated rings. The molecule has 7 nitrogen and oxygen atoms in total. The maximum Gasteiger partial charge on any atom is 0.420 e. The molecule has 0 bridgehead atoms. The number of nitrogens with zero attached hydrogens (tertiary/aromatic N) is 1. The summed E-state index contributed by atoms with van der Waals surface area (Å²) >= 11 is 5.85. The molecule has 1 amide bonds. The van der Waals surface area contributed by atoms with Crippen LogP contribution in [0.2, 0.25) is 5.02 Å². The van der Waals surface area contributed by atoms with Gasteiger partial charge in [0.15, 0.2) is 5.58 Å². The van der Waals surface area contributed by atoms with Crippen LogP contribution in [0.5, 0.6) is 0 Å². The molecule has 2 aromatic rings. The van der Waals surface area contributed by atoms with Crippen molar-refractivity contribution < 1.29 is 18.7 Å². The maximum absolute atomic E-state index is 12.3. The van der Waals surface area contributed by atoms with Crippen molar-refractivity contribution in [2.45, 2.75) is 32.9 Å². The van der Waals surface area contributed by atoms with E-state index in [1.807, 2.05) is 13.8 Å². The molecule has 0 aliphatic heterocycles. The Hall–Kier alpha value is -2.28. The Kier molecular flexibility index (Phi) is 5.66. The standard InChI is InChI=1S/C16H19ClN2O5/c1-4-9(2)14(15(21)23-3)18-13(20)8-19-11-6-5-10(17)7-12(11)24-16(19)22/h5-7,9,14H,4,8H2,1-3H3,(H,18,20)/t9-,14+/m0/s1. The number of hydrogen-bond donors (Lipinski definition) is 1. The number of benzene rings is 1. The van der Waals surface area contributed by atoms with Crippen molar-refractivity contribution in [1.29, 1.82) is 0 Å². The zero-order valence-electron chi connectivity index (χ0n) is 13.7. The Morgan fingerprint density at radius 1 is 1.42 bits per heavy atom. The molecule has 1 aromatic carbocycles.